The number of hydrogen-bond acceptors (Lipinski definition) is 8. The summed E-state index contributed by atoms with van der Waals surface area (Å²) in [6, 6.07) is 6.93. The molecule has 2 aromatic heterocycles. The van der Waals surface area contributed by atoms with Crippen molar-refractivity contribution in [2.24, 2.45) is 5.73 Å². The van der Waals surface area contributed by atoms with Gasteiger partial charge in [-0.05, 0) is 18.2 Å². The Morgan fingerprint density at radius 2 is 1.96 bits per heavy atom. The third-order valence-electron chi connectivity index (χ3n) is 3.12. The number of hydrogen-bond donors (Lipinski definition) is 2. The van der Waals surface area contributed by atoms with Gasteiger partial charge in [-0.1, -0.05) is 6.07 Å². The molecule has 0 saturated carbocycles. The Balaban J connectivity index is 2.02. The van der Waals surface area contributed by atoms with E-state index in [-0.39, 0.29) is 11.4 Å². The highest BCUT2D eigenvalue weighted by Gasteiger charge is 2.17. The molecule has 2 heterocycles. The number of aromatic nitrogens is 5. The highest BCUT2D eigenvalue weighted by molar-refractivity contribution is 7.90. The van der Waals surface area contributed by atoms with Crippen molar-refractivity contribution >= 4 is 27.2 Å². The molecule has 11 heteroatoms. The second kappa shape index (κ2) is 6.28. The first-order chi connectivity index (χ1) is 11.8. The summed E-state index contributed by atoms with van der Waals surface area (Å²) in [5.74, 6) is -0.791. The monoisotopic (exact) mass is 359 g/mol. The number of nitrogens with two attached hydrogens (primary N) is 1. The predicted molar refractivity (Wildman–Crippen MR) is 88.3 cm³/mol. The molecule has 3 aromatic rings. The van der Waals surface area contributed by atoms with Crippen LogP contribution in [0.4, 0.5) is 11.5 Å². The maximum absolute atomic E-state index is 11.6. The predicted octanol–water partition coefficient (Wildman–Crippen LogP) is 0.303. The molecule has 0 aliphatic heterocycles. The molecule has 1 aromatic carbocycles. The fourth-order valence-corrected chi connectivity index (χ4v) is 2.52. The molecule has 128 valence electrons. The minimum Gasteiger partial charge on any atom is -0.365 e. The topological polar surface area (TPSA) is 146 Å². The van der Waals surface area contributed by atoms with Crippen molar-refractivity contribution in [2.75, 3.05) is 11.6 Å². The summed E-state index contributed by atoms with van der Waals surface area (Å²) in [5, 5.41) is 10.5. The number of sulfone groups is 1. The average molecular weight is 359 g/mol. The molecular weight excluding hydrogens is 346 g/mol. The van der Waals surface area contributed by atoms with E-state index < -0.39 is 20.9 Å². The molecule has 3 rings (SSSR count). The van der Waals surface area contributed by atoms with Crippen molar-refractivity contribution in [2.45, 2.75) is 5.16 Å². The van der Waals surface area contributed by atoms with Gasteiger partial charge >= 0.3 is 0 Å². The summed E-state index contributed by atoms with van der Waals surface area (Å²) in [6.07, 6.45) is 5.12. The molecule has 25 heavy (non-hydrogen) atoms. The fraction of sp³-hybridized carbons (Fsp3) is 0.0714. The second-order valence-electron chi connectivity index (χ2n) is 5.05. The van der Waals surface area contributed by atoms with Crippen LogP contribution in [0, 0.1) is 0 Å². The van der Waals surface area contributed by atoms with E-state index in [1.807, 2.05) is 0 Å². The van der Waals surface area contributed by atoms with Crippen LogP contribution in [-0.2, 0) is 9.84 Å². The van der Waals surface area contributed by atoms with Crippen LogP contribution in [0.5, 0.6) is 0 Å². The van der Waals surface area contributed by atoms with Crippen LogP contribution < -0.4 is 11.1 Å². The van der Waals surface area contributed by atoms with Gasteiger partial charge in [-0.3, -0.25) is 4.79 Å². The molecule has 3 N–H and O–H groups in total. The van der Waals surface area contributed by atoms with E-state index in [9.17, 15) is 13.2 Å². The molecule has 0 spiro atoms. The number of anilines is 2. The Hall–Kier alpha value is -3.34. The Morgan fingerprint density at radius 1 is 1.24 bits per heavy atom. The Kier molecular flexibility index (Phi) is 4.15. The first kappa shape index (κ1) is 16.5. The smallest absolute Gasteiger partial charge is 0.254 e. The molecule has 1 amide bonds. The molecule has 0 radical (unpaired) electrons. The van der Waals surface area contributed by atoms with Crippen molar-refractivity contribution in [3.05, 3.63) is 48.4 Å². The lowest BCUT2D eigenvalue weighted by Crippen LogP contribution is -2.17. The molecular formula is C14H13N7O3S. The van der Waals surface area contributed by atoms with Gasteiger partial charge in [-0.25, -0.2) is 13.4 Å². The number of primary amides is 1. The van der Waals surface area contributed by atoms with Crippen LogP contribution in [-0.4, -0.2) is 45.5 Å². The van der Waals surface area contributed by atoms with Crippen molar-refractivity contribution in [1.29, 1.82) is 0 Å². The lowest BCUT2D eigenvalue weighted by atomic mass is 10.2. The van der Waals surface area contributed by atoms with Crippen LogP contribution in [0.2, 0.25) is 0 Å². The van der Waals surface area contributed by atoms with Gasteiger partial charge in [0.2, 0.25) is 15.0 Å². The van der Waals surface area contributed by atoms with Crippen LogP contribution >= 0.6 is 0 Å². The van der Waals surface area contributed by atoms with Gasteiger partial charge in [-0.2, -0.15) is 20.0 Å². The number of nitrogens with one attached hydrogen (secondary N) is 1. The van der Waals surface area contributed by atoms with Crippen molar-refractivity contribution in [3.8, 4) is 5.69 Å². The Morgan fingerprint density at radius 3 is 2.60 bits per heavy atom. The highest BCUT2D eigenvalue weighted by atomic mass is 32.2. The SMILES string of the molecule is CS(=O)(=O)c1ncc(C(N)=O)c(Nc2cccc(-n3nccn3)c2)n1. The van der Waals surface area contributed by atoms with Crippen molar-refractivity contribution in [1.82, 2.24) is 25.0 Å². The summed E-state index contributed by atoms with van der Waals surface area (Å²) in [4.78, 5) is 20.5. The summed E-state index contributed by atoms with van der Waals surface area (Å²) in [6.45, 7) is 0. The highest BCUT2D eigenvalue weighted by Crippen LogP contribution is 2.21. The zero-order valence-electron chi connectivity index (χ0n) is 13.0. The standard InChI is InChI=1S/C14H13N7O3S/c1-25(23,24)14-16-8-11(12(15)22)13(20-14)19-9-3-2-4-10(7-9)21-17-5-6-18-21/h2-8H,1H3,(H2,15,22)(H,16,19,20). The third kappa shape index (κ3) is 3.61. The van der Waals surface area contributed by atoms with Crippen LogP contribution in [0.15, 0.2) is 48.0 Å². The van der Waals surface area contributed by atoms with Gasteiger partial charge in [0.1, 0.15) is 11.4 Å². The quantitative estimate of drug-likeness (QED) is 0.619. The zero-order valence-corrected chi connectivity index (χ0v) is 13.8. The van der Waals surface area contributed by atoms with Crippen LogP contribution in [0.3, 0.4) is 0 Å². The summed E-state index contributed by atoms with van der Waals surface area (Å²) in [7, 11) is -3.64. The van der Waals surface area contributed by atoms with Gasteiger partial charge in [-0.15, -0.1) is 0 Å². The molecule has 0 bridgehead atoms. The summed E-state index contributed by atoms with van der Waals surface area (Å²) < 4.78 is 23.3. The molecule has 0 aliphatic rings. The molecule has 10 nitrogen and oxygen atoms in total. The van der Waals surface area contributed by atoms with Crippen molar-refractivity contribution < 1.29 is 13.2 Å². The fourth-order valence-electron chi connectivity index (χ4n) is 2.01. The number of carbonyl (C=O) groups excluding carboxylic acids is 1. The first-order valence-electron chi connectivity index (χ1n) is 6.95. The maximum atomic E-state index is 11.6. The zero-order chi connectivity index (χ0) is 18.0. The van der Waals surface area contributed by atoms with E-state index >= 15 is 0 Å². The average Bonchev–Trinajstić information content (AvgIpc) is 3.08. The minimum atomic E-state index is -3.64. The summed E-state index contributed by atoms with van der Waals surface area (Å²) >= 11 is 0. The van der Waals surface area contributed by atoms with Gasteiger partial charge in [0.05, 0.1) is 18.1 Å². The van der Waals surface area contributed by atoms with Gasteiger partial charge in [0, 0.05) is 18.1 Å². The third-order valence-corrected chi connectivity index (χ3v) is 3.98. The lowest BCUT2D eigenvalue weighted by molar-refractivity contribution is 0.1000. The number of benzene rings is 1. The molecule has 0 saturated heterocycles. The Labute approximate surface area is 142 Å². The van der Waals surface area contributed by atoms with E-state index in [0.29, 0.717) is 11.4 Å². The second-order valence-corrected chi connectivity index (χ2v) is 6.95. The minimum absolute atomic E-state index is 0.00602. The maximum Gasteiger partial charge on any atom is 0.254 e. The normalized spacial score (nSPS) is 11.2. The first-order valence-corrected chi connectivity index (χ1v) is 8.84. The molecule has 0 fully saturated rings. The molecule has 0 unspecified atom stereocenters. The van der Waals surface area contributed by atoms with E-state index in [4.69, 9.17) is 5.73 Å². The van der Waals surface area contributed by atoms with Crippen molar-refractivity contribution in [3.63, 3.8) is 0 Å². The number of rotatable bonds is 5. The van der Waals surface area contributed by atoms with E-state index in [0.717, 1.165) is 12.5 Å². The van der Waals surface area contributed by atoms with Gasteiger partial charge in [0.15, 0.2) is 0 Å². The number of nitrogens with zero attached hydrogens (tertiary/aromatic N) is 5. The molecule has 0 atom stereocenters. The van der Waals surface area contributed by atoms with E-state index in [2.05, 4.69) is 25.5 Å². The lowest BCUT2D eigenvalue weighted by Gasteiger charge is -2.11. The summed E-state index contributed by atoms with van der Waals surface area (Å²) in [5.41, 5.74) is 6.47. The molecule has 0 aliphatic carbocycles. The number of carbonyl (C=O) groups is 1. The number of amides is 1. The van der Waals surface area contributed by atoms with Crippen LogP contribution in [0.25, 0.3) is 5.69 Å². The van der Waals surface area contributed by atoms with E-state index in [1.165, 1.54) is 17.2 Å². The largest absolute Gasteiger partial charge is 0.365 e. The Bertz CT molecular complexity index is 1030. The van der Waals surface area contributed by atoms with E-state index in [1.54, 1.807) is 24.3 Å². The van der Waals surface area contributed by atoms with Gasteiger partial charge in [0.25, 0.3) is 5.91 Å². The van der Waals surface area contributed by atoms with Gasteiger partial charge < -0.3 is 11.1 Å². The van der Waals surface area contributed by atoms with Crippen LogP contribution in [0.1, 0.15) is 10.4 Å².